The lowest BCUT2D eigenvalue weighted by atomic mass is 10.1. The van der Waals surface area contributed by atoms with E-state index in [1.807, 2.05) is 37.3 Å². The lowest BCUT2D eigenvalue weighted by molar-refractivity contribution is 0.306. The molecule has 1 unspecified atom stereocenters. The first-order valence-corrected chi connectivity index (χ1v) is 6.65. The van der Waals surface area contributed by atoms with Crippen molar-refractivity contribution < 1.29 is 4.74 Å². The highest BCUT2D eigenvalue weighted by atomic mass is 35.5. The molecule has 0 spiro atoms. The van der Waals surface area contributed by atoms with Gasteiger partial charge in [-0.2, -0.15) is 5.26 Å². The minimum atomic E-state index is -0.0555. The van der Waals surface area contributed by atoms with E-state index in [0.717, 1.165) is 11.1 Å². The molecule has 20 heavy (non-hydrogen) atoms. The molecule has 0 bridgehead atoms. The van der Waals surface area contributed by atoms with Crippen LogP contribution in [-0.4, -0.2) is 0 Å². The van der Waals surface area contributed by atoms with Crippen molar-refractivity contribution >= 4 is 11.6 Å². The molecular weight excluding hydrogens is 272 g/mol. The number of rotatable bonds is 4. The van der Waals surface area contributed by atoms with Gasteiger partial charge in [0.2, 0.25) is 0 Å². The number of nitrogens with zero attached hydrogens (tertiary/aromatic N) is 1. The molecule has 0 aliphatic heterocycles. The zero-order valence-electron chi connectivity index (χ0n) is 11.1. The Hall–Kier alpha value is -2.02. The van der Waals surface area contributed by atoms with Crippen molar-refractivity contribution in [1.82, 2.24) is 0 Å². The van der Waals surface area contributed by atoms with E-state index in [4.69, 9.17) is 27.3 Å². The van der Waals surface area contributed by atoms with Crippen LogP contribution in [0, 0.1) is 11.3 Å². The molecule has 2 aromatic rings. The summed E-state index contributed by atoms with van der Waals surface area (Å²) >= 11 is 6.16. The topological polar surface area (TPSA) is 59.0 Å². The fraction of sp³-hybridized carbons (Fsp3) is 0.188. The molecule has 1 atom stereocenters. The van der Waals surface area contributed by atoms with Crippen LogP contribution >= 0.6 is 11.6 Å². The van der Waals surface area contributed by atoms with E-state index in [1.165, 1.54) is 0 Å². The van der Waals surface area contributed by atoms with E-state index >= 15 is 0 Å². The fourth-order valence-electron chi connectivity index (χ4n) is 1.75. The predicted octanol–water partition coefficient (Wildman–Crippen LogP) is 3.81. The van der Waals surface area contributed by atoms with Gasteiger partial charge in [-0.3, -0.25) is 0 Å². The summed E-state index contributed by atoms with van der Waals surface area (Å²) in [6.45, 7) is 2.31. The van der Waals surface area contributed by atoms with Gasteiger partial charge in [0.15, 0.2) is 0 Å². The standard InChI is InChI=1S/C16H15ClN2O/c1-11(19)14-6-7-16(15(17)8-14)20-10-13-4-2-12(9-18)3-5-13/h2-8,11H,10,19H2,1H3. The van der Waals surface area contributed by atoms with E-state index in [2.05, 4.69) is 6.07 Å². The predicted molar refractivity (Wildman–Crippen MR) is 79.5 cm³/mol. The van der Waals surface area contributed by atoms with Gasteiger partial charge in [0.05, 0.1) is 16.7 Å². The molecule has 0 saturated carbocycles. The maximum atomic E-state index is 8.73. The molecule has 0 aliphatic carbocycles. The van der Waals surface area contributed by atoms with Gasteiger partial charge < -0.3 is 10.5 Å². The third kappa shape index (κ3) is 3.51. The fourth-order valence-corrected chi connectivity index (χ4v) is 2.00. The SMILES string of the molecule is CC(N)c1ccc(OCc2ccc(C#N)cc2)c(Cl)c1. The highest BCUT2D eigenvalue weighted by Gasteiger charge is 2.06. The van der Waals surface area contributed by atoms with Crippen molar-refractivity contribution in [2.75, 3.05) is 0 Å². The highest BCUT2D eigenvalue weighted by molar-refractivity contribution is 6.32. The van der Waals surface area contributed by atoms with Crippen LogP contribution in [0.15, 0.2) is 42.5 Å². The van der Waals surface area contributed by atoms with Crippen LogP contribution in [-0.2, 0) is 6.61 Å². The van der Waals surface area contributed by atoms with E-state index in [1.54, 1.807) is 12.1 Å². The summed E-state index contributed by atoms with van der Waals surface area (Å²) in [7, 11) is 0. The van der Waals surface area contributed by atoms with Gasteiger partial charge in [-0.15, -0.1) is 0 Å². The molecule has 2 aromatic carbocycles. The molecule has 2 N–H and O–H groups in total. The van der Waals surface area contributed by atoms with Gasteiger partial charge in [-0.05, 0) is 42.3 Å². The number of hydrogen-bond acceptors (Lipinski definition) is 3. The lowest BCUT2D eigenvalue weighted by Crippen LogP contribution is -2.05. The molecule has 0 saturated heterocycles. The molecule has 0 amide bonds. The van der Waals surface area contributed by atoms with Crippen LogP contribution < -0.4 is 10.5 Å². The monoisotopic (exact) mass is 286 g/mol. The second-order valence-electron chi connectivity index (χ2n) is 4.58. The van der Waals surface area contributed by atoms with Crippen LogP contribution in [0.1, 0.15) is 29.7 Å². The minimum absolute atomic E-state index is 0.0555. The van der Waals surface area contributed by atoms with Gasteiger partial charge in [-0.25, -0.2) is 0 Å². The minimum Gasteiger partial charge on any atom is -0.487 e. The summed E-state index contributed by atoms with van der Waals surface area (Å²) in [5.74, 6) is 0.625. The molecule has 0 heterocycles. The summed E-state index contributed by atoms with van der Waals surface area (Å²) in [5.41, 5.74) is 8.39. The number of ether oxygens (including phenoxy) is 1. The maximum Gasteiger partial charge on any atom is 0.138 e. The first kappa shape index (κ1) is 14.4. The van der Waals surface area contributed by atoms with Crippen LogP contribution in [0.3, 0.4) is 0 Å². The summed E-state index contributed by atoms with van der Waals surface area (Å²) in [4.78, 5) is 0. The van der Waals surface area contributed by atoms with Crippen LogP contribution in [0.5, 0.6) is 5.75 Å². The molecule has 0 aliphatic rings. The van der Waals surface area contributed by atoms with Gasteiger partial charge in [0.25, 0.3) is 0 Å². The number of halogens is 1. The average molecular weight is 287 g/mol. The van der Waals surface area contributed by atoms with Gasteiger partial charge in [0.1, 0.15) is 12.4 Å². The van der Waals surface area contributed by atoms with E-state index in [9.17, 15) is 0 Å². The van der Waals surface area contributed by atoms with Crippen molar-refractivity contribution in [2.24, 2.45) is 5.73 Å². The first-order valence-electron chi connectivity index (χ1n) is 6.27. The quantitative estimate of drug-likeness (QED) is 0.930. The molecular formula is C16H15ClN2O. The second kappa shape index (κ2) is 6.42. The molecule has 102 valence electrons. The van der Waals surface area contributed by atoms with Crippen LogP contribution in [0.2, 0.25) is 5.02 Å². The Balaban J connectivity index is 2.05. The summed E-state index contributed by atoms with van der Waals surface area (Å²) in [6.07, 6.45) is 0. The van der Waals surface area contributed by atoms with Crippen LogP contribution in [0.4, 0.5) is 0 Å². The van der Waals surface area contributed by atoms with E-state index in [-0.39, 0.29) is 6.04 Å². The first-order chi connectivity index (χ1) is 9.60. The third-order valence-corrected chi connectivity index (χ3v) is 3.25. The Morgan fingerprint density at radius 2 is 1.95 bits per heavy atom. The number of hydrogen-bond donors (Lipinski definition) is 1. The largest absolute Gasteiger partial charge is 0.487 e. The summed E-state index contributed by atoms with van der Waals surface area (Å²) in [6, 6.07) is 14.8. The second-order valence-corrected chi connectivity index (χ2v) is 4.98. The van der Waals surface area contributed by atoms with Gasteiger partial charge >= 0.3 is 0 Å². The molecule has 4 heteroatoms. The van der Waals surface area contributed by atoms with Crippen molar-refractivity contribution in [3.8, 4) is 11.8 Å². The lowest BCUT2D eigenvalue weighted by Gasteiger charge is -2.11. The average Bonchev–Trinajstić information content (AvgIpc) is 2.46. The molecule has 0 aromatic heterocycles. The normalized spacial score (nSPS) is 11.7. The highest BCUT2D eigenvalue weighted by Crippen LogP contribution is 2.28. The Labute approximate surface area is 123 Å². The molecule has 0 radical (unpaired) electrons. The van der Waals surface area contributed by atoms with Crippen molar-refractivity contribution in [3.63, 3.8) is 0 Å². The molecule has 3 nitrogen and oxygen atoms in total. The molecule has 0 fully saturated rings. The van der Waals surface area contributed by atoms with E-state index < -0.39 is 0 Å². The summed E-state index contributed by atoms with van der Waals surface area (Å²) < 4.78 is 5.68. The van der Waals surface area contributed by atoms with Gasteiger partial charge in [-0.1, -0.05) is 29.8 Å². The number of benzene rings is 2. The zero-order chi connectivity index (χ0) is 14.5. The Kier molecular flexibility index (Phi) is 4.62. The van der Waals surface area contributed by atoms with E-state index in [0.29, 0.717) is 22.9 Å². The number of nitriles is 1. The van der Waals surface area contributed by atoms with Crippen molar-refractivity contribution in [2.45, 2.75) is 19.6 Å². The Morgan fingerprint density at radius 3 is 2.50 bits per heavy atom. The maximum absolute atomic E-state index is 8.73. The Bertz CT molecular complexity index is 630. The Morgan fingerprint density at radius 1 is 1.25 bits per heavy atom. The molecule has 2 rings (SSSR count). The third-order valence-electron chi connectivity index (χ3n) is 2.96. The zero-order valence-corrected chi connectivity index (χ0v) is 11.9. The van der Waals surface area contributed by atoms with Crippen molar-refractivity contribution in [1.29, 1.82) is 5.26 Å². The summed E-state index contributed by atoms with van der Waals surface area (Å²) in [5, 5.41) is 9.28. The number of nitrogens with two attached hydrogens (primary N) is 1. The van der Waals surface area contributed by atoms with Crippen molar-refractivity contribution in [3.05, 3.63) is 64.2 Å². The van der Waals surface area contributed by atoms with Crippen LogP contribution in [0.25, 0.3) is 0 Å². The smallest absolute Gasteiger partial charge is 0.138 e. The van der Waals surface area contributed by atoms with Gasteiger partial charge in [0, 0.05) is 6.04 Å².